The number of nitrogens with zero attached hydrogens (tertiary/aromatic N) is 2. The molecule has 7 heteroatoms. The Labute approximate surface area is 172 Å². The third kappa shape index (κ3) is 3.64. The van der Waals surface area contributed by atoms with E-state index in [9.17, 15) is 9.59 Å². The van der Waals surface area contributed by atoms with E-state index in [1.54, 1.807) is 23.1 Å². The second kappa shape index (κ2) is 7.94. The highest BCUT2D eigenvalue weighted by atomic mass is 35.5. The van der Waals surface area contributed by atoms with Gasteiger partial charge in [-0.3, -0.25) is 9.59 Å². The Kier molecular flexibility index (Phi) is 5.38. The summed E-state index contributed by atoms with van der Waals surface area (Å²) < 4.78 is 0. The SMILES string of the molecule is O=C1C[C@@H]2c3ccccc3CCN2C(=O)[C@H]1/C=N\OCc1ccc(Cl)cc1Cl. The lowest BCUT2D eigenvalue weighted by molar-refractivity contribution is -0.146. The van der Waals surface area contributed by atoms with Gasteiger partial charge in [0.15, 0.2) is 5.78 Å². The molecule has 5 nitrogen and oxygen atoms in total. The van der Waals surface area contributed by atoms with Crippen LogP contribution in [0.2, 0.25) is 10.0 Å². The van der Waals surface area contributed by atoms with E-state index in [2.05, 4.69) is 11.2 Å². The Morgan fingerprint density at radius 3 is 2.82 bits per heavy atom. The number of benzene rings is 2. The number of halogens is 2. The minimum absolute atomic E-state index is 0.126. The van der Waals surface area contributed by atoms with Gasteiger partial charge in [-0.1, -0.05) is 58.7 Å². The van der Waals surface area contributed by atoms with Gasteiger partial charge in [0.2, 0.25) is 5.91 Å². The van der Waals surface area contributed by atoms with E-state index in [-0.39, 0.29) is 24.3 Å². The van der Waals surface area contributed by atoms with Gasteiger partial charge in [0, 0.05) is 28.6 Å². The fourth-order valence-electron chi connectivity index (χ4n) is 3.77. The summed E-state index contributed by atoms with van der Waals surface area (Å²) in [5.74, 6) is -1.25. The first-order valence-electron chi connectivity index (χ1n) is 9.05. The minimum Gasteiger partial charge on any atom is -0.391 e. The molecule has 0 spiro atoms. The summed E-state index contributed by atoms with van der Waals surface area (Å²) >= 11 is 12.0. The third-order valence-electron chi connectivity index (χ3n) is 5.22. The standard InChI is InChI=1S/C21H18Cl2N2O3/c22-15-6-5-14(18(23)9-15)12-28-24-11-17-20(26)10-19-16-4-2-1-3-13(16)7-8-25(19)21(17)27/h1-6,9,11,17,19H,7-8,10,12H2/b24-11-/t17-,19+/m0/s1. The molecule has 1 fully saturated rings. The van der Waals surface area contributed by atoms with Crippen LogP contribution in [0.1, 0.15) is 29.2 Å². The van der Waals surface area contributed by atoms with Gasteiger partial charge in [-0.05, 0) is 29.7 Å². The number of carbonyl (C=O) groups is 2. The van der Waals surface area contributed by atoms with Crippen LogP contribution in [0, 0.1) is 5.92 Å². The van der Waals surface area contributed by atoms with Crippen LogP contribution in [0.15, 0.2) is 47.6 Å². The first-order chi connectivity index (χ1) is 13.5. The second-order valence-corrected chi connectivity index (χ2v) is 7.75. The number of hydrogen-bond acceptors (Lipinski definition) is 4. The molecule has 2 heterocycles. The molecule has 0 radical (unpaired) electrons. The Balaban J connectivity index is 1.43. The van der Waals surface area contributed by atoms with E-state index in [1.807, 2.05) is 18.2 Å². The summed E-state index contributed by atoms with van der Waals surface area (Å²) in [6.07, 6.45) is 2.38. The van der Waals surface area contributed by atoms with Crippen LogP contribution < -0.4 is 0 Å². The van der Waals surface area contributed by atoms with Crippen molar-refractivity contribution in [1.29, 1.82) is 0 Å². The van der Waals surface area contributed by atoms with Gasteiger partial charge in [0.25, 0.3) is 0 Å². The van der Waals surface area contributed by atoms with Gasteiger partial charge in [0.05, 0.1) is 12.3 Å². The number of carbonyl (C=O) groups excluding carboxylic acids is 2. The second-order valence-electron chi connectivity index (χ2n) is 6.91. The number of amides is 1. The van der Waals surface area contributed by atoms with Crippen LogP contribution >= 0.6 is 23.2 Å². The average Bonchev–Trinajstić information content (AvgIpc) is 2.68. The molecule has 2 aliphatic rings. The molecule has 2 aromatic rings. The van der Waals surface area contributed by atoms with Gasteiger partial charge in [0.1, 0.15) is 12.5 Å². The van der Waals surface area contributed by atoms with Crippen molar-refractivity contribution < 1.29 is 14.4 Å². The molecule has 0 saturated carbocycles. The highest BCUT2D eigenvalue weighted by Crippen LogP contribution is 2.37. The maximum Gasteiger partial charge on any atom is 0.239 e. The summed E-state index contributed by atoms with van der Waals surface area (Å²) in [7, 11) is 0. The monoisotopic (exact) mass is 416 g/mol. The molecular weight excluding hydrogens is 399 g/mol. The lowest BCUT2D eigenvalue weighted by Crippen LogP contribution is -2.51. The lowest BCUT2D eigenvalue weighted by Gasteiger charge is -2.41. The predicted molar refractivity (Wildman–Crippen MR) is 107 cm³/mol. The fourth-order valence-corrected chi connectivity index (χ4v) is 4.23. The molecule has 0 bridgehead atoms. The van der Waals surface area contributed by atoms with Crippen LogP contribution in [0.5, 0.6) is 0 Å². The largest absolute Gasteiger partial charge is 0.391 e. The van der Waals surface area contributed by atoms with E-state index in [4.69, 9.17) is 28.0 Å². The van der Waals surface area contributed by atoms with Crippen molar-refractivity contribution in [3.05, 3.63) is 69.2 Å². The van der Waals surface area contributed by atoms with Crippen LogP contribution in [0.25, 0.3) is 0 Å². The number of ketones is 1. The topological polar surface area (TPSA) is 59.0 Å². The average molecular weight is 417 g/mol. The van der Waals surface area contributed by atoms with Gasteiger partial charge in [-0.2, -0.15) is 0 Å². The van der Waals surface area contributed by atoms with Gasteiger partial charge >= 0.3 is 0 Å². The van der Waals surface area contributed by atoms with Crippen molar-refractivity contribution >= 4 is 41.1 Å². The predicted octanol–water partition coefficient (Wildman–Crippen LogP) is 4.21. The van der Waals surface area contributed by atoms with E-state index >= 15 is 0 Å². The molecule has 144 valence electrons. The van der Waals surface area contributed by atoms with Crippen molar-refractivity contribution in [1.82, 2.24) is 4.90 Å². The molecule has 2 atom stereocenters. The Hall–Kier alpha value is -2.37. The van der Waals surface area contributed by atoms with Crippen molar-refractivity contribution in [3.63, 3.8) is 0 Å². The molecule has 0 unspecified atom stereocenters. The molecule has 2 aliphatic heterocycles. The first kappa shape index (κ1) is 19.0. The van der Waals surface area contributed by atoms with Crippen molar-refractivity contribution in [2.75, 3.05) is 6.54 Å². The Morgan fingerprint density at radius 1 is 1.18 bits per heavy atom. The van der Waals surface area contributed by atoms with Gasteiger partial charge in [-0.25, -0.2) is 0 Å². The summed E-state index contributed by atoms with van der Waals surface area (Å²) in [4.78, 5) is 32.5. The zero-order valence-electron chi connectivity index (χ0n) is 15.0. The van der Waals surface area contributed by atoms with E-state index in [0.717, 1.165) is 17.5 Å². The van der Waals surface area contributed by atoms with Crippen LogP contribution in [-0.4, -0.2) is 29.3 Å². The zero-order valence-corrected chi connectivity index (χ0v) is 16.5. The highest BCUT2D eigenvalue weighted by molar-refractivity contribution is 6.35. The van der Waals surface area contributed by atoms with Gasteiger partial charge < -0.3 is 9.74 Å². The lowest BCUT2D eigenvalue weighted by atomic mass is 9.82. The minimum atomic E-state index is -0.901. The van der Waals surface area contributed by atoms with Crippen LogP contribution in [0.3, 0.4) is 0 Å². The molecule has 2 aromatic carbocycles. The van der Waals surface area contributed by atoms with E-state index in [0.29, 0.717) is 23.0 Å². The maximum absolute atomic E-state index is 12.9. The van der Waals surface area contributed by atoms with Crippen molar-refractivity contribution in [2.24, 2.45) is 11.1 Å². The van der Waals surface area contributed by atoms with Crippen molar-refractivity contribution in [2.45, 2.75) is 25.5 Å². The molecular formula is C21H18Cl2N2O3. The molecule has 1 saturated heterocycles. The molecule has 0 N–H and O–H groups in total. The number of fused-ring (bicyclic) bond motifs is 3. The van der Waals surface area contributed by atoms with Gasteiger partial charge in [-0.15, -0.1) is 0 Å². The fraction of sp³-hybridized carbons (Fsp3) is 0.286. The first-order valence-corrected chi connectivity index (χ1v) is 9.80. The number of Topliss-reactive ketones (excluding diaryl/α,β-unsaturated/α-hetero) is 1. The number of rotatable bonds is 4. The Morgan fingerprint density at radius 2 is 2.00 bits per heavy atom. The molecule has 4 rings (SSSR count). The van der Waals surface area contributed by atoms with E-state index < -0.39 is 5.92 Å². The van der Waals surface area contributed by atoms with E-state index in [1.165, 1.54) is 11.8 Å². The third-order valence-corrected chi connectivity index (χ3v) is 5.81. The molecule has 1 amide bonds. The summed E-state index contributed by atoms with van der Waals surface area (Å²) in [6.45, 7) is 0.737. The normalized spacial score (nSPS) is 21.6. The molecule has 28 heavy (non-hydrogen) atoms. The van der Waals surface area contributed by atoms with Crippen LogP contribution in [0.4, 0.5) is 0 Å². The highest BCUT2D eigenvalue weighted by Gasteiger charge is 2.43. The number of hydrogen-bond donors (Lipinski definition) is 0. The Bertz CT molecular complexity index is 960. The van der Waals surface area contributed by atoms with Crippen LogP contribution in [-0.2, 0) is 27.5 Å². The molecule has 0 aliphatic carbocycles. The summed E-state index contributed by atoms with van der Waals surface area (Å²) in [5, 5.41) is 4.86. The quantitative estimate of drug-likeness (QED) is 0.426. The summed E-state index contributed by atoms with van der Waals surface area (Å²) in [5.41, 5.74) is 3.00. The summed E-state index contributed by atoms with van der Waals surface area (Å²) in [6, 6.07) is 12.9. The zero-order chi connectivity index (χ0) is 19.7. The van der Waals surface area contributed by atoms with Crippen molar-refractivity contribution in [3.8, 4) is 0 Å². The maximum atomic E-state index is 12.9. The molecule has 0 aromatic heterocycles. The smallest absolute Gasteiger partial charge is 0.239 e. The number of piperidine rings is 1. The number of oxime groups is 1.